The van der Waals surface area contributed by atoms with Crippen molar-refractivity contribution in [2.24, 2.45) is 12.0 Å². The van der Waals surface area contributed by atoms with Crippen molar-refractivity contribution in [3.63, 3.8) is 0 Å². The lowest BCUT2D eigenvalue weighted by Gasteiger charge is -2.11. The van der Waals surface area contributed by atoms with Crippen LogP contribution in [0.1, 0.15) is 50.1 Å². The summed E-state index contributed by atoms with van der Waals surface area (Å²) in [6.07, 6.45) is 3.31. The van der Waals surface area contributed by atoms with Crippen LogP contribution in [0.25, 0.3) is 0 Å². The number of ether oxygens (including phenoxy) is 1. The van der Waals surface area contributed by atoms with Crippen molar-refractivity contribution in [3.05, 3.63) is 17.0 Å². The summed E-state index contributed by atoms with van der Waals surface area (Å²) in [5, 5.41) is 11.1. The standard InChI is InChI=1S/C17H33N5O.HI/c1-6-8-11-23-12-9-10-19-17(18-7-2)20-13-16-14(3)21-22(5)15(16)4;/h6-13H2,1-5H3,(H2,18,19,20);1H. The third kappa shape index (κ3) is 8.32. The molecule has 0 saturated carbocycles. The van der Waals surface area contributed by atoms with Crippen LogP contribution in [-0.4, -0.2) is 42.0 Å². The number of guanidine groups is 1. The van der Waals surface area contributed by atoms with Crippen LogP contribution < -0.4 is 10.6 Å². The first kappa shape index (κ1) is 23.2. The smallest absolute Gasteiger partial charge is 0.191 e. The summed E-state index contributed by atoms with van der Waals surface area (Å²) in [5.41, 5.74) is 3.42. The molecule has 140 valence electrons. The quantitative estimate of drug-likeness (QED) is 0.249. The van der Waals surface area contributed by atoms with Crippen LogP contribution in [0.5, 0.6) is 0 Å². The van der Waals surface area contributed by atoms with Gasteiger partial charge in [-0.15, -0.1) is 24.0 Å². The molecule has 0 amide bonds. The molecule has 0 bridgehead atoms. The zero-order valence-corrected chi connectivity index (χ0v) is 18.1. The molecule has 24 heavy (non-hydrogen) atoms. The number of unbranched alkanes of at least 4 members (excludes halogenated alkanes) is 1. The average molecular weight is 451 g/mol. The van der Waals surface area contributed by atoms with Gasteiger partial charge in [-0.3, -0.25) is 4.68 Å². The van der Waals surface area contributed by atoms with Crippen LogP contribution in [0, 0.1) is 13.8 Å². The van der Waals surface area contributed by atoms with E-state index in [9.17, 15) is 0 Å². The van der Waals surface area contributed by atoms with Gasteiger partial charge in [0.15, 0.2) is 5.96 Å². The number of aliphatic imine (C=N–C) groups is 1. The van der Waals surface area contributed by atoms with Gasteiger partial charge in [0.05, 0.1) is 12.2 Å². The molecule has 0 radical (unpaired) electrons. The van der Waals surface area contributed by atoms with E-state index in [0.717, 1.165) is 50.8 Å². The van der Waals surface area contributed by atoms with Crippen molar-refractivity contribution >= 4 is 29.9 Å². The van der Waals surface area contributed by atoms with Gasteiger partial charge in [0.2, 0.25) is 0 Å². The van der Waals surface area contributed by atoms with Gasteiger partial charge in [0, 0.05) is 44.6 Å². The SMILES string of the molecule is CCCCOCCCNC(=NCc1c(C)nn(C)c1C)NCC.I. The molecule has 0 aliphatic carbocycles. The van der Waals surface area contributed by atoms with Gasteiger partial charge in [0.25, 0.3) is 0 Å². The maximum atomic E-state index is 5.57. The molecule has 0 fully saturated rings. The Labute approximate surface area is 163 Å². The van der Waals surface area contributed by atoms with Crippen molar-refractivity contribution in [2.45, 2.75) is 53.5 Å². The molecule has 1 aromatic heterocycles. The fourth-order valence-corrected chi connectivity index (χ4v) is 2.28. The first-order valence-corrected chi connectivity index (χ1v) is 8.69. The fourth-order valence-electron chi connectivity index (χ4n) is 2.28. The van der Waals surface area contributed by atoms with Gasteiger partial charge in [0.1, 0.15) is 0 Å². The van der Waals surface area contributed by atoms with Crippen LogP contribution in [-0.2, 0) is 18.3 Å². The van der Waals surface area contributed by atoms with Crippen molar-refractivity contribution in [3.8, 4) is 0 Å². The number of aryl methyl sites for hydroxylation is 2. The van der Waals surface area contributed by atoms with E-state index in [4.69, 9.17) is 4.74 Å². The summed E-state index contributed by atoms with van der Waals surface area (Å²) in [6.45, 7) is 12.4. The molecule has 6 nitrogen and oxygen atoms in total. The Kier molecular flexibility index (Phi) is 13.0. The number of hydrogen-bond acceptors (Lipinski definition) is 3. The molecule has 0 aromatic carbocycles. The van der Waals surface area contributed by atoms with E-state index in [0.29, 0.717) is 6.54 Å². The maximum Gasteiger partial charge on any atom is 0.191 e. The number of rotatable bonds is 10. The second-order valence-corrected chi connectivity index (χ2v) is 5.71. The third-order valence-corrected chi connectivity index (χ3v) is 3.80. The first-order valence-electron chi connectivity index (χ1n) is 8.69. The molecule has 0 atom stereocenters. The highest BCUT2D eigenvalue weighted by molar-refractivity contribution is 14.0. The van der Waals surface area contributed by atoms with E-state index in [1.165, 1.54) is 17.7 Å². The molecule has 0 unspecified atom stereocenters. The highest BCUT2D eigenvalue weighted by Gasteiger charge is 2.08. The molecule has 7 heteroatoms. The Morgan fingerprint density at radius 1 is 1.17 bits per heavy atom. The molecule has 1 aromatic rings. The van der Waals surface area contributed by atoms with Gasteiger partial charge >= 0.3 is 0 Å². The number of hydrogen-bond donors (Lipinski definition) is 2. The van der Waals surface area contributed by atoms with Gasteiger partial charge in [-0.1, -0.05) is 13.3 Å². The van der Waals surface area contributed by atoms with Gasteiger partial charge in [-0.25, -0.2) is 4.99 Å². The van der Waals surface area contributed by atoms with Crippen molar-refractivity contribution < 1.29 is 4.74 Å². The second kappa shape index (κ2) is 13.5. The Hall–Kier alpha value is -0.830. The van der Waals surface area contributed by atoms with Crippen LogP contribution in [0.3, 0.4) is 0 Å². The summed E-state index contributed by atoms with van der Waals surface area (Å²) in [5.74, 6) is 0.851. The third-order valence-electron chi connectivity index (χ3n) is 3.80. The van der Waals surface area contributed by atoms with Crippen molar-refractivity contribution in [1.82, 2.24) is 20.4 Å². The first-order chi connectivity index (χ1) is 11.1. The lowest BCUT2D eigenvalue weighted by atomic mass is 10.2. The van der Waals surface area contributed by atoms with Gasteiger partial charge in [-0.2, -0.15) is 5.10 Å². The average Bonchev–Trinajstić information content (AvgIpc) is 2.77. The van der Waals surface area contributed by atoms with E-state index in [1.807, 2.05) is 18.7 Å². The number of nitrogens with one attached hydrogen (secondary N) is 2. The van der Waals surface area contributed by atoms with Crippen LogP contribution in [0.15, 0.2) is 4.99 Å². The highest BCUT2D eigenvalue weighted by Crippen LogP contribution is 2.12. The Balaban J connectivity index is 0.00000529. The Morgan fingerprint density at radius 3 is 2.46 bits per heavy atom. The van der Waals surface area contributed by atoms with Crippen molar-refractivity contribution in [1.29, 1.82) is 0 Å². The van der Waals surface area contributed by atoms with E-state index >= 15 is 0 Å². The van der Waals surface area contributed by atoms with E-state index in [1.54, 1.807) is 0 Å². The number of nitrogens with zero attached hydrogens (tertiary/aromatic N) is 3. The molecule has 1 rings (SSSR count). The Bertz CT molecular complexity index is 488. The molecule has 0 spiro atoms. The molecule has 0 aliphatic rings. The largest absolute Gasteiger partial charge is 0.381 e. The van der Waals surface area contributed by atoms with Crippen LogP contribution >= 0.6 is 24.0 Å². The van der Waals surface area contributed by atoms with E-state index in [2.05, 4.69) is 41.5 Å². The minimum atomic E-state index is 0. The van der Waals surface area contributed by atoms with Gasteiger partial charge in [-0.05, 0) is 33.6 Å². The Morgan fingerprint density at radius 2 is 1.88 bits per heavy atom. The molecule has 2 N–H and O–H groups in total. The van der Waals surface area contributed by atoms with Crippen LogP contribution in [0.4, 0.5) is 0 Å². The summed E-state index contributed by atoms with van der Waals surface area (Å²) < 4.78 is 7.48. The zero-order chi connectivity index (χ0) is 17.1. The maximum absolute atomic E-state index is 5.57. The normalized spacial score (nSPS) is 11.3. The second-order valence-electron chi connectivity index (χ2n) is 5.71. The van der Waals surface area contributed by atoms with Gasteiger partial charge < -0.3 is 15.4 Å². The lowest BCUT2D eigenvalue weighted by molar-refractivity contribution is 0.129. The predicted molar refractivity (Wildman–Crippen MR) is 111 cm³/mol. The van der Waals surface area contributed by atoms with E-state index < -0.39 is 0 Å². The number of aromatic nitrogens is 2. The molecular formula is C17H34IN5O. The topological polar surface area (TPSA) is 63.5 Å². The molecular weight excluding hydrogens is 417 g/mol. The van der Waals surface area contributed by atoms with Crippen LogP contribution in [0.2, 0.25) is 0 Å². The summed E-state index contributed by atoms with van der Waals surface area (Å²) in [6, 6.07) is 0. The minimum absolute atomic E-state index is 0. The fraction of sp³-hybridized carbons (Fsp3) is 0.765. The monoisotopic (exact) mass is 451 g/mol. The van der Waals surface area contributed by atoms with E-state index in [-0.39, 0.29) is 24.0 Å². The summed E-state index contributed by atoms with van der Waals surface area (Å²) in [7, 11) is 1.97. The predicted octanol–water partition coefficient (Wildman–Crippen LogP) is 2.92. The zero-order valence-electron chi connectivity index (χ0n) is 15.8. The minimum Gasteiger partial charge on any atom is -0.381 e. The lowest BCUT2D eigenvalue weighted by Crippen LogP contribution is -2.38. The molecule has 0 aliphatic heterocycles. The van der Waals surface area contributed by atoms with Crippen molar-refractivity contribution in [2.75, 3.05) is 26.3 Å². The number of halogens is 1. The highest BCUT2D eigenvalue weighted by atomic mass is 127. The summed E-state index contributed by atoms with van der Waals surface area (Å²) in [4.78, 5) is 4.67. The molecule has 1 heterocycles. The summed E-state index contributed by atoms with van der Waals surface area (Å²) >= 11 is 0. The molecule has 0 saturated heterocycles.